The van der Waals surface area contributed by atoms with Crippen LogP contribution < -0.4 is 14.7 Å². The van der Waals surface area contributed by atoms with Gasteiger partial charge >= 0.3 is 0 Å². The Hall–Kier alpha value is -18.5. The zero-order valence-corrected chi connectivity index (χ0v) is 83.1. The average Bonchev–Trinajstić information content (AvgIpc) is 1.57. The van der Waals surface area contributed by atoms with E-state index in [9.17, 15) is 0 Å². The van der Waals surface area contributed by atoms with E-state index in [2.05, 4.69) is 546 Å². The van der Waals surface area contributed by atoms with E-state index in [0.29, 0.717) is 0 Å². The van der Waals surface area contributed by atoms with Crippen LogP contribution in [0.15, 0.2) is 537 Å². The van der Waals surface area contributed by atoms with Crippen LogP contribution in [0.25, 0.3) is 196 Å². The molecule has 0 aliphatic heterocycles. The van der Waals surface area contributed by atoms with Crippen molar-refractivity contribution in [1.29, 1.82) is 0 Å². The number of rotatable bonds is 15. The van der Waals surface area contributed by atoms with Gasteiger partial charge in [-0.05, 0) is 342 Å². The quantitative estimate of drug-likeness (QED) is 0.102. The summed E-state index contributed by atoms with van der Waals surface area (Å²) in [6.07, 6.45) is 0. The third-order valence-corrected chi connectivity index (χ3v) is 31.9. The Labute approximate surface area is 864 Å². The molecule has 0 unspecified atom stereocenters. The molecule has 3 aromatic heterocycles. The number of nitrogens with zero attached hydrogens (tertiary/aromatic N) is 3. The van der Waals surface area contributed by atoms with Crippen LogP contribution in [-0.2, 0) is 10.8 Å². The molecule has 2 aliphatic carbocycles. The molecule has 0 radical (unpaired) electrons. The molecule has 29 rings (SSSR count). The molecule has 0 saturated heterocycles. The molecule has 148 heavy (non-hydrogen) atoms. The molecule has 3 heterocycles. The van der Waals surface area contributed by atoms with Gasteiger partial charge in [0.1, 0.15) is 22.3 Å². The molecule has 5 nitrogen and oxygen atoms in total. The van der Waals surface area contributed by atoms with Crippen LogP contribution in [0.1, 0.15) is 49.9 Å². The van der Waals surface area contributed by atoms with Crippen LogP contribution >= 0.6 is 11.3 Å². The summed E-state index contributed by atoms with van der Waals surface area (Å²) >= 11 is 1.87. The van der Waals surface area contributed by atoms with Gasteiger partial charge < -0.3 is 23.5 Å². The van der Waals surface area contributed by atoms with Crippen molar-refractivity contribution in [1.82, 2.24) is 0 Å². The van der Waals surface area contributed by atoms with Crippen molar-refractivity contribution in [2.75, 3.05) is 14.7 Å². The lowest BCUT2D eigenvalue weighted by Crippen LogP contribution is -2.16. The number of fused-ring (bicyclic) bond motifs is 19. The van der Waals surface area contributed by atoms with Crippen molar-refractivity contribution in [3.8, 4) is 89.0 Å². The summed E-state index contributed by atoms with van der Waals surface area (Å²) in [5.41, 5.74) is 39.3. The van der Waals surface area contributed by atoms with Crippen LogP contribution in [0.2, 0.25) is 0 Å². The van der Waals surface area contributed by atoms with Gasteiger partial charge in [0.05, 0.1) is 0 Å². The van der Waals surface area contributed by atoms with Gasteiger partial charge in [0.2, 0.25) is 0 Å². The van der Waals surface area contributed by atoms with Gasteiger partial charge in [0.25, 0.3) is 0 Å². The van der Waals surface area contributed by atoms with Crippen LogP contribution in [0.5, 0.6) is 0 Å². The summed E-state index contributed by atoms with van der Waals surface area (Å²) < 4.78 is 14.8. The highest BCUT2D eigenvalue weighted by Gasteiger charge is 2.38. The Morgan fingerprint density at radius 1 is 0.155 bits per heavy atom. The topological polar surface area (TPSA) is 36.0 Å². The molecule has 27 aromatic rings. The van der Waals surface area contributed by atoms with Crippen molar-refractivity contribution in [3.63, 3.8) is 0 Å². The fourth-order valence-electron chi connectivity index (χ4n) is 23.1. The number of para-hydroxylation sites is 4. The zero-order chi connectivity index (χ0) is 98.7. The highest BCUT2D eigenvalue weighted by molar-refractivity contribution is 7.25. The molecule has 0 N–H and O–H groups in total. The van der Waals surface area contributed by atoms with Gasteiger partial charge in [-0.1, -0.05) is 367 Å². The highest BCUT2D eigenvalue weighted by Crippen LogP contribution is 2.54. The normalized spacial score (nSPS) is 12.6. The molecular weight excluding hydrogens is 1810 g/mol. The Balaban J connectivity index is 0.000000110. The van der Waals surface area contributed by atoms with Crippen LogP contribution in [0.3, 0.4) is 0 Å². The lowest BCUT2D eigenvalue weighted by atomic mass is 9.81. The maximum Gasteiger partial charge on any atom is 0.135 e. The molecular formula is C142H99N3O2S. The summed E-state index contributed by atoms with van der Waals surface area (Å²) in [6.45, 7) is 9.39. The van der Waals surface area contributed by atoms with E-state index in [-0.39, 0.29) is 10.8 Å². The third-order valence-electron chi connectivity index (χ3n) is 30.7. The Morgan fingerprint density at radius 3 is 0.973 bits per heavy atom. The molecule has 0 atom stereocenters. The van der Waals surface area contributed by atoms with Crippen molar-refractivity contribution in [2.24, 2.45) is 0 Å². The lowest BCUT2D eigenvalue weighted by Gasteiger charge is -2.28. The first kappa shape index (κ1) is 88.5. The van der Waals surface area contributed by atoms with Gasteiger partial charge in [-0.2, -0.15) is 0 Å². The lowest BCUT2D eigenvalue weighted by molar-refractivity contribution is 0.660. The van der Waals surface area contributed by atoms with E-state index in [1.54, 1.807) is 0 Å². The minimum absolute atomic E-state index is 0.0185. The van der Waals surface area contributed by atoms with Gasteiger partial charge in [-0.15, -0.1) is 11.3 Å². The monoisotopic (exact) mass is 1910 g/mol. The second-order valence-corrected chi connectivity index (χ2v) is 41.3. The molecule has 0 spiro atoms. The SMILES string of the molecule is CC1(C)c2ccccc2-c2ccc(-c3ccc(N(c4ccccc4)c4ccc5cc(-c6ccc7sc8ccccc8c7c6)ccc5c4)cc3)cc21.CC1(C)c2ccccc2-c2ccc(N(c3ccc(-c4ccccc4)cc3)c3ccc4cc(-c5ccc6oc7ccccc7c6c5)ccc4c3)cc21.c1ccc(N(c2ccc(-c3cccc4ccccc34)cc2)c2ccc3cc(-c4ccc5oc6ccccc6c5c4)ccc3c2)cc1. The average molecular weight is 1910 g/mol. The highest BCUT2D eigenvalue weighted by atomic mass is 32.1. The van der Waals surface area contributed by atoms with Crippen molar-refractivity contribution in [2.45, 2.75) is 38.5 Å². The van der Waals surface area contributed by atoms with Crippen molar-refractivity contribution < 1.29 is 8.83 Å². The van der Waals surface area contributed by atoms with E-state index in [4.69, 9.17) is 8.83 Å². The zero-order valence-electron chi connectivity index (χ0n) is 82.3. The van der Waals surface area contributed by atoms with Crippen molar-refractivity contribution in [3.05, 3.63) is 550 Å². The van der Waals surface area contributed by atoms with E-state index < -0.39 is 0 Å². The second kappa shape index (κ2) is 36.4. The number of furan rings is 2. The predicted molar refractivity (Wildman–Crippen MR) is 629 cm³/mol. The summed E-state index contributed by atoms with van der Waals surface area (Å²) in [5, 5.41) is 17.0. The van der Waals surface area contributed by atoms with E-state index in [1.165, 1.54) is 175 Å². The minimum atomic E-state index is -0.0870. The molecule has 24 aromatic carbocycles. The van der Waals surface area contributed by atoms with Gasteiger partial charge in [-0.25, -0.2) is 0 Å². The maximum absolute atomic E-state index is 6.10. The summed E-state index contributed by atoms with van der Waals surface area (Å²) in [5.74, 6) is 0. The Morgan fingerprint density at radius 2 is 0.453 bits per heavy atom. The first-order valence-electron chi connectivity index (χ1n) is 51.0. The minimum Gasteiger partial charge on any atom is -0.456 e. The van der Waals surface area contributed by atoms with E-state index in [0.717, 1.165) is 95.1 Å². The maximum atomic E-state index is 6.10. The van der Waals surface area contributed by atoms with E-state index >= 15 is 0 Å². The number of thiophene rings is 1. The Bertz CT molecular complexity index is 9860. The molecule has 0 bridgehead atoms. The Kier molecular flexibility index (Phi) is 21.8. The van der Waals surface area contributed by atoms with Crippen LogP contribution in [0.4, 0.5) is 51.2 Å². The third kappa shape index (κ3) is 15.9. The van der Waals surface area contributed by atoms with Crippen LogP contribution in [-0.4, -0.2) is 0 Å². The summed E-state index contributed by atoms with van der Waals surface area (Å²) in [6, 6.07) is 192. The van der Waals surface area contributed by atoms with E-state index in [1.807, 2.05) is 35.6 Å². The number of benzene rings is 24. The smallest absolute Gasteiger partial charge is 0.135 e. The van der Waals surface area contributed by atoms with Crippen molar-refractivity contribution >= 4 is 170 Å². The first-order valence-corrected chi connectivity index (χ1v) is 51.8. The van der Waals surface area contributed by atoms with Gasteiger partial charge in [0.15, 0.2) is 0 Å². The standard InChI is InChI=1S/C49H35NO.C49H35NS.C44H29NO/c1-49(2)45-14-8-6-12-41(45)42-26-25-40(31-46(42)49)50(38-22-18-33(19-23-38)32-10-4-3-5-11-32)39-24-20-35-28-34(16-17-36(35)29-39)37-21-27-48-44(30-37)43-13-7-9-15-47(43)51-48;1-49(2)45-14-8-6-12-41(45)42-26-21-37(31-46(42)49)32-18-23-39(24-19-32)50(38-10-4-3-5-11-38)40-25-20-34-28-33(16-17-35(34)29-40)36-22-27-48-44(30-36)43-13-7-9-15-47(43)51-48;1-2-11-36(12-3-1)45(37-23-19-31(20-24-37)40-15-8-10-30-9-4-5-13-39(30)40)38-25-21-33-27-32(17-18-34(33)28-38)35-22-26-44-42(29-35)41-14-6-7-16-43(41)46-44/h2*3-31H,1-2H3;1-29H. The second-order valence-electron chi connectivity index (χ2n) is 40.2. The molecule has 0 fully saturated rings. The molecule has 700 valence electrons. The first-order chi connectivity index (χ1) is 72.8. The summed E-state index contributed by atoms with van der Waals surface area (Å²) in [7, 11) is 0. The largest absolute Gasteiger partial charge is 0.456 e. The summed E-state index contributed by atoms with van der Waals surface area (Å²) in [4.78, 5) is 7.09. The fraction of sp³-hybridized carbons (Fsp3) is 0.0423. The number of anilines is 9. The fourth-order valence-corrected chi connectivity index (χ4v) is 24.2. The number of hydrogen-bond acceptors (Lipinski definition) is 6. The van der Waals surface area contributed by atoms with Gasteiger partial charge in [0, 0.05) is 104 Å². The molecule has 0 amide bonds. The molecule has 2 aliphatic rings. The van der Waals surface area contributed by atoms with Gasteiger partial charge in [-0.3, -0.25) is 0 Å². The number of hydrogen-bond donors (Lipinski definition) is 0. The van der Waals surface area contributed by atoms with Crippen LogP contribution in [0, 0.1) is 0 Å². The molecule has 6 heteroatoms. The molecule has 0 saturated carbocycles. The predicted octanol–water partition coefficient (Wildman–Crippen LogP) is 40.9.